The van der Waals surface area contributed by atoms with Crippen molar-refractivity contribution in [2.45, 2.75) is 19.9 Å². The van der Waals surface area contributed by atoms with Gasteiger partial charge in [0.05, 0.1) is 6.04 Å². The van der Waals surface area contributed by atoms with Crippen LogP contribution in [0.5, 0.6) is 0 Å². The summed E-state index contributed by atoms with van der Waals surface area (Å²) in [5, 5.41) is 4.02. The predicted molar refractivity (Wildman–Crippen MR) is 93.5 cm³/mol. The number of piperazine rings is 1. The van der Waals surface area contributed by atoms with Crippen molar-refractivity contribution in [1.82, 2.24) is 10.2 Å². The number of carbonyl (C=O) groups excluding carboxylic acids is 1. The number of rotatable bonds is 2. The molecule has 0 spiro atoms. The third kappa shape index (κ3) is 3.71. The van der Waals surface area contributed by atoms with E-state index in [2.05, 4.69) is 5.32 Å². The van der Waals surface area contributed by atoms with E-state index in [0.29, 0.717) is 23.9 Å². The van der Waals surface area contributed by atoms with Crippen molar-refractivity contribution in [2.75, 3.05) is 19.6 Å². The first-order chi connectivity index (χ1) is 10.6. The van der Waals surface area contributed by atoms with E-state index in [-0.39, 0.29) is 24.4 Å². The van der Waals surface area contributed by atoms with Gasteiger partial charge in [-0.15, -0.1) is 12.4 Å². The second kappa shape index (κ2) is 7.39. The Labute approximate surface area is 147 Å². The van der Waals surface area contributed by atoms with Crippen molar-refractivity contribution in [2.24, 2.45) is 0 Å². The maximum Gasteiger partial charge on any atom is 0.290 e. The molecule has 6 heteroatoms. The first-order valence-electron chi connectivity index (χ1n) is 7.40. The average molecular weight is 355 g/mol. The molecule has 1 aliphatic heterocycles. The van der Waals surface area contributed by atoms with Gasteiger partial charge in [0.15, 0.2) is 5.76 Å². The summed E-state index contributed by atoms with van der Waals surface area (Å²) in [4.78, 5) is 14.7. The molecule has 1 amide bonds. The monoisotopic (exact) mass is 354 g/mol. The largest absolute Gasteiger partial charge is 0.456 e. The van der Waals surface area contributed by atoms with Crippen molar-refractivity contribution < 1.29 is 9.21 Å². The third-order valence-electron chi connectivity index (χ3n) is 3.97. The number of benzene rings is 1. The molecule has 0 radical (unpaired) electrons. The van der Waals surface area contributed by atoms with Crippen LogP contribution in [0.25, 0.3) is 0 Å². The van der Waals surface area contributed by atoms with Gasteiger partial charge in [-0.05, 0) is 37.6 Å². The van der Waals surface area contributed by atoms with Crippen LogP contribution in [0, 0.1) is 13.8 Å². The number of aryl methyl sites for hydroxylation is 2. The van der Waals surface area contributed by atoms with Crippen LogP contribution in [0.15, 0.2) is 34.7 Å². The summed E-state index contributed by atoms with van der Waals surface area (Å²) in [5.74, 6) is 1.14. The Hall–Kier alpha value is -1.49. The van der Waals surface area contributed by atoms with Gasteiger partial charge in [0.1, 0.15) is 5.76 Å². The van der Waals surface area contributed by atoms with Gasteiger partial charge in [0.2, 0.25) is 0 Å². The average Bonchev–Trinajstić information content (AvgIpc) is 2.85. The van der Waals surface area contributed by atoms with Crippen LogP contribution < -0.4 is 5.32 Å². The number of nitrogens with zero attached hydrogens (tertiary/aromatic N) is 1. The zero-order chi connectivity index (χ0) is 15.7. The molecule has 1 N–H and O–H groups in total. The Morgan fingerprint density at radius 2 is 2.13 bits per heavy atom. The first-order valence-corrected chi connectivity index (χ1v) is 7.78. The van der Waals surface area contributed by atoms with Gasteiger partial charge >= 0.3 is 0 Å². The van der Waals surface area contributed by atoms with Crippen LogP contribution in [-0.4, -0.2) is 30.4 Å². The Balaban J connectivity index is 0.00000192. The number of carbonyl (C=O) groups is 1. The lowest BCUT2D eigenvalue weighted by Gasteiger charge is -2.36. The minimum absolute atomic E-state index is 0. The molecule has 3 rings (SSSR count). The molecule has 0 bridgehead atoms. The number of nitrogens with one attached hydrogen (secondary N) is 1. The molecule has 1 saturated heterocycles. The summed E-state index contributed by atoms with van der Waals surface area (Å²) >= 11 is 6.09. The van der Waals surface area contributed by atoms with Crippen LogP contribution in [0.1, 0.15) is 33.5 Å². The van der Waals surface area contributed by atoms with Gasteiger partial charge in [0.25, 0.3) is 5.91 Å². The molecular formula is C17H20Cl2N2O2. The summed E-state index contributed by atoms with van der Waals surface area (Å²) in [6.45, 7) is 5.90. The van der Waals surface area contributed by atoms with E-state index in [1.807, 2.05) is 49.1 Å². The van der Waals surface area contributed by atoms with Gasteiger partial charge in [-0.1, -0.05) is 23.7 Å². The smallest absolute Gasteiger partial charge is 0.290 e. The molecule has 2 aromatic rings. The molecule has 1 unspecified atom stereocenters. The number of furan rings is 1. The van der Waals surface area contributed by atoms with E-state index in [4.69, 9.17) is 16.0 Å². The number of amides is 1. The van der Waals surface area contributed by atoms with Crippen LogP contribution in [0.4, 0.5) is 0 Å². The van der Waals surface area contributed by atoms with Crippen molar-refractivity contribution in [1.29, 1.82) is 0 Å². The van der Waals surface area contributed by atoms with E-state index >= 15 is 0 Å². The minimum Gasteiger partial charge on any atom is -0.456 e. The maximum atomic E-state index is 12.9. The summed E-state index contributed by atoms with van der Waals surface area (Å²) in [6, 6.07) is 9.53. The highest BCUT2D eigenvalue weighted by Crippen LogP contribution is 2.27. The zero-order valence-corrected chi connectivity index (χ0v) is 14.7. The molecule has 4 nitrogen and oxygen atoms in total. The maximum absolute atomic E-state index is 12.9. The molecule has 124 valence electrons. The fraction of sp³-hybridized carbons (Fsp3) is 0.353. The summed E-state index contributed by atoms with van der Waals surface area (Å²) < 4.78 is 5.60. The van der Waals surface area contributed by atoms with Crippen molar-refractivity contribution in [3.8, 4) is 0 Å². The molecule has 1 aromatic heterocycles. The second-order valence-corrected chi connectivity index (χ2v) is 6.08. The second-order valence-electron chi connectivity index (χ2n) is 5.64. The SMILES string of the molecule is Cc1cc(C)c(C(=O)N2CCNCC2c2cccc(Cl)c2)o1.Cl. The highest BCUT2D eigenvalue weighted by atomic mass is 35.5. The van der Waals surface area contributed by atoms with Crippen LogP contribution in [-0.2, 0) is 0 Å². The molecule has 2 heterocycles. The normalized spacial score (nSPS) is 17.7. The highest BCUT2D eigenvalue weighted by molar-refractivity contribution is 6.30. The quantitative estimate of drug-likeness (QED) is 0.892. The van der Waals surface area contributed by atoms with E-state index < -0.39 is 0 Å². The Morgan fingerprint density at radius 3 is 2.78 bits per heavy atom. The molecule has 1 atom stereocenters. The van der Waals surface area contributed by atoms with Gasteiger partial charge in [0, 0.05) is 30.2 Å². The third-order valence-corrected chi connectivity index (χ3v) is 4.21. The standard InChI is InChI=1S/C17H19ClN2O2.ClH/c1-11-8-12(2)22-16(11)17(21)20-7-6-19-10-15(20)13-4-3-5-14(18)9-13;/h3-5,8-9,15,19H,6-7,10H2,1-2H3;1H. The molecule has 0 saturated carbocycles. The van der Waals surface area contributed by atoms with Gasteiger partial charge < -0.3 is 14.6 Å². The molecule has 1 aliphatic rings. The van der Waals surface area contributed by atoms with Crippen molar-refractivity contribution in [3.63, 3.8) is 0 Å². The molecule has 1 aromatic carbocycles. The lowest BCUT2D eigenvalue weighted by molar-refractivity contribution is 0.0599. The first kappa shape index (κ1) is 17.9. The van der Waals surface area contributed by atoms with Crippen LogP contribution in [0.3, 0.4) is 0 Å². The van der Waals surface area contributed by atoms with Crippen LogP contribution >= 0.6 is 24.0 Å². The molecule has 23 heavy (non-hydrogen) atoms. The van der Waals surface area contributed by atoms with Gasteiger partial charge in [-0.3, -0.25) is 4.79 Å². The van der Waals surface area contributed by atoms with Gasteiger partial charge in [-0.25, -0.2) is 0 Å². The molecule has 0 aliphatic carbocycles. The Kier molecular flexibility index (Phi) is 5.74. The Morgan fingerprint density at radius 1 is 1.35 bits per heavy atom. The van der Waals surface area contributed by atoms with Crippen molar-refractivity contribution in [3.05, 3.63) is 58.0 Å². The fourth-order valence-corrected chi connectivity index (χ4v) is 3.14. The fourth-order valence-electron chi connectivity index (χ4n) is 2.94. The topological polar surface area (TPSA) is 45.5 Å². The molecule has 1 fully saturated rings. The summed E-state index contributed by atoms with van der Waals surface area (Å²) in [5.41, 5.74) is 1.92. The van der Waals surface area contributed by atoms with Crippen LogP contribution in [0.2, 0.25) is 5.02 Å². The minimum atomic E-state index is -0.0583. The number of hydrogen-bond donors (Lipinski definition) is 1. The zero-order valence-electron chi connectivity index (χ0n) is 13.1. The predicted octanol–water partition coefficient (Wildman–Crippen LogP) is 3.76. The lowest BCUT2D eigenvalue weighted by atomic mass is 10.0. The van der Waals surface area contributed by atoms with E-state index in [1.54, 1.807) is 0 Å². The number of halogens is 2. The summed E-state index contributed by atoms with van der Waals surface area (Å²) in [7, 11) is 0. The highest BCUT2D eigenvalue weighted by Gasteiger charge is 2.31. The summed E-state index contributed by atoms with van der Waals surface area (Å²) in [6.07, 6.45) is 0. The molecular weight excluding hydrogens is 335 g/mol. The van der Waals surface area contributed by atoms with Crippen molar-refractivity contribution >= 4 is 29.9 Å². The number of hydrogen-bond acceptors (Lipinski definition) is 3. The van der Waals surface area contributed by atoms with E-state index in [0.717, 1.165) is 23.4 Å². The Bertz CT molecular complexity index is 700. The lowest BCUT2D eigenvalue weighted by Crippen LogP contribution is -2.48. The van der Waals surface area contributed by atoms with E-state index in [9.17, 15) is 4.79 Å². The van der Waals surface area contributed by atoms with Gasteiger partial charge in [-0.2, -0.15) is 0 Å². The van der Waals surface area contributed by atoms with E-state index in [1.165, 1.54) is 0 Å².